The molecule has 0 aromatic carbocycles. The minimum atomic E-state index is 0.360. The highest BCUT2D eigenvalue weighted by Gasteiger charge is 2.33. The molecule has 0 aromatic rings. The third-order valence-corrected chi connectivity index (χ3v) is 4.89. The van der Waals surface area contributed by atoms with Crippen LogP contribution in [0.5, 0.6) is 0 Å². The van der Waals surface area contributed by atoms with Gasteiger partial charge < -0.3 is 4.90 Å². The smallest absolute Gasteiger partial charge is 0.0280 e. The molecule has 2 fully saturated rings. The van der Waals surface area contributed by atoms with Gasteiger partial charge in [-0.15, -0.1) is 0 Å². The van der Waals surface area contributed by atoms with E-state index in [2.05, 4.69) is 42.5 Å². The first-order valence-corrected chi connectivity index (χ1v) is 7.67. The molecule has 3 nitrogen and oxygen atoms in total. The van der Waals surface area contributed by atoms with E-state index in [1.54, 1.807) is 0 Å². The lowest BCUT2D eigenvalue weighted by Gasteiger charge is -2.48. The Labute approximate surface area is 113 Å². The second-order valence-electron chi connectivity index (χ2n) is 6.87. The molecule has 0 atom stereocenters. The van der Waals surface area contributed by atoms with Gasteiger partial charge >= 0.3 is 0 Å². The fraction of sp³-hybridized carbons (Fsp3) is 1.00. The molecule has 3 heteroatoms. The molecule has 2 rings (SSSR count). The molecule has 0 spiro atoms. The zero-order valence-electron chi connectivity index (χ0n) is 12.8. The molecule has 2 aliphatic heterocycles. The van der Waals surface area contributed by atoms with Crippen LogP contribution in [-0.2, 0) is 0 Å². The van der Waals surface area contributed by atoms with Crippen molar-refractivity contribution in [2.75, 3.05) is 52.9 Å². The van der Waals surface area contributed by atoms with Crippen LogP contribution in [0, 0.1) is 5.92 Å². The predicted molar refractivity (Wildman–Crippen MR) is 78.0 cm³/mol. The molecular weight excluding hydrogens is 222 g/mol. The summed E-state index contributed by atoms with van der Waals surface area (Å²) in [6, 6.07) is 0. The fourth-order valence-corrected chi connectivity index (χ4v) is 3.64. The molecule has 0 aromatic heterocycles. The van der Waals surface area contributed by atoms with Crippen molar-refractivity contribution < 1.29 is 0 Å². The Bertz CT molecular complexity index is 256. The minimum Gasteiger partial charge on any atom is -0.306 e. The van der Waals surface area contributed by atoms with E-state index < -0.39 is 0 Å². The maximum atomic E-state index is 2.71. The predicted octanol–water partition coefficient (Wildman–Crippen LogP) is 1.74. The van der Waals surface area contributed by atoms with Gasteiger partial charge in [-0.05, 0) is 59.3 Å². The SMILES string of the molecule is CCN1CCN(CC2CCN(C)CC2)CC1(C)C. The zero-order valence-corrected chi connectivity index (χ0v) is 12.8. The minimum absolute atomic E-state index is 0.360. The monoisotopic (exact) mass is 253 g/mol. The average molecular weight is 253 g/mol. The number of likely N-dealkylation sites (tertiary alicyclic amines) is 1. The van der Waals surface area contributed by atoms with Gasteiger partial charge in [-0.25, -0.2) is 0 Å². The Kier molecular flexibility index (Phi) is 4.68. The van der Waals surface area contributed by atoms with E-state index in [-0.39, 0.29) is 0 Å². The highest BCUT2D eigenvalue weighted by Crippen LogP contribution is 2.23. The first kappa shape index (κ1) is 14.3. The Morgan fingerprint density at radius 3 is 2.28 bits per heavy atom. The van der Waals surface area contributed by atoms with E-state index in [4.69, 9.17) is 0 Å². The summed E-state index contributed by atoms with van der Waals surface area (Å²) in [5.41, 5.74) is 0.360. The molecule has 0 N–H and O–H groups in total. The quantitative estimate of drug-likeness (QED) is 0.759. The summed E-state index contributed by atoms with van der Waals surface area (Å²) < 4.78 is 0. The molecule has 106 valence electrons. The molecule has 0 unspecified atom stereocenters. The van der Waals surface area contributed by atoms with Gasteiger partial charge in [-0.2, -0.15) is 0 Å². The largest absolute Gasteiger partial charge is 0.306 e. The van der Waals surface area contributed by atoms with Crippen LogP contribution in [0.4, 0.5) is 0 Å². The highest BCUT2D eigenvalue weighted by molar-refractivity contribution is 4.90. The van der Waals surface area contributed by atoms with Gasteiger partial charge in [-0.3, -0.25) is 9.80 Å². The lowest BCUT2D eigenvalue weighted by Crippen LogP contribution is -2.59. The Morgan fingerprint density at radius 1 is 1.06 bits per heavy atom. The van der Waals surface area contributed by atoms with Crippen LogP contribution in [0.1, 0.15) is 33.6 Å². The molecule has 0 bridgehead atoms. The standard InChI is InChI=1S/C15H31N3/c1-5-18-11-10-17(13-15(18,2)3)12-14-6-8-16(4)9-7-14/h14H,5-13H2,1-4H3. The van der Waals surface area contributed by atoms with Crippen LogP contribution in [0.3, 0.4) is 0 Å². The van der Waals surface area contributed by atoms with Crippen LogP contribution < -0.4 is 0 Å². The van der Waals surface area contributed by atoms with E-state index in [9.17, 15) is 0 Å². The third-order valence-electron chi connectivity index (χ3n) is 4.89. The summed E-state index contributed by atoms with van der Waals surface area (Å²) >= 11 is 0. The van der Waals surface area contributed by atoms with Crippen LogP contribution >= 0.6 is 0 Å². The Balaban J connectivity index is 1.81. The normalized spacial score (nSPS) is 28.7. The maximum Gasteiger partial charge on any atom is 0.0280 e. The third kappa shape index (κ3) is 3.46. The van der Waals surface area contributed by atoms with Crippen molar-refractivity contribution in [3.8, 4) is 0 Å². The number of hydrogen-bond acceptors (Lipinski definition) is 3. The number of rotatable bonds is 3. The van der Waals surface area contributed by atoms with Gasteiger partial charge in [-0.1, -0.05) is 6.92 Å². The second kappa shape index (κ2) is 5.89. The second-order valence-corrected chi connectivity index (χ2v) is 6.87. The number of nitrogens with zero attached hydrogens (tertiary/aromatic N) is 3. The molecule has 18 heavy (non-hydrogen) atoms. The number of likely N-dealkylation sites (N-methyl/N-ethyl adjacent to an activating group) is 1. The van der Waals surface area contributed by atoms with E-state index in [1.807, 2.05) is 0 Å². The topological polar surface area (TPSA) is 9.72 Å². The van der Waals surface area contributed by atoms with Gasteiger partial charge in [0, 0.05) is 31.7 Å². The lowest BCUT2D eigenvalue weighted by molar-refractivity contribution is 0.0124. The fourth-order valence-electron chi connectivity index (χ4n) is 3.64. The molecule has 0 saturated carbocycles. The van der Waals surface area contributed by atoms with Crippen molar-refractivity contribution in [1.82, 2.24) is 14.7 Å². The molecule has 2 aliphatic rings. The summed E-state index contributed by atoms with van der Waals surface area (Å²) in [5.74, 6) is 0.935. The molecule has 0 aliphatic carbocycles. The van der Waals surface area contributed by atoms with Crippen LogP contribution in [0.25, 0.3) is 0 Å². The Hall–Kier alpha value is -0.120. The van der Waals surface area contributed by atoms with Gasteiger partial charge in [0.2, 0.25) is 0 Å². The van der Waals surface area contributed by atoms with Gasteiger partial charge in [0.25, 0.3) is 0 Å². The summed E-state index contributed by atoms with van der Waals surface area (Å²) in [7, 11) is 2.25. The molecular formula is C15H31N3. The van der Waals surface area contributed by atoms with Crippen molar-refractivity contribution in [2.45, 2.75) is 39.2 Å². The molecule has 0 amide bonds. The van der Waals surface area contributed by atoms with E-state index in [1.165, 1.54) is 58.7 Å². The van der Waals surface area contributed by atoms with Gasteiger partial charge in [0.15, 0.2) is 0 Å². The van der Waals surface area contributed by atoms with Crippen molar-refractivity contribution in [1.29, 1.82) is 0 Å². The lowest BCUT2D eigenvalue weighted by atomic mass is 9.93. The van der Waals surface area contributed by atoms with E-state index >= 15 is 0 Å². The number of piperazine rings is 1. The van der Waals surface area contributed by atoms with Crippen LogP contribution in [0.15, 0.2) is 0 Å². The summed E-state index contributed by atoms with van der Waals surface area (Å²) in [4.78, 5) is 7.80. The van der Waals surface area contributed by atoms with E-state index in [0.717, 1.165) is 5.92 Å². The zero-order chi connectivity index (χ0) is 13.2. The summed E-state index contributed by atoms with van der Waals surface area (Å²) in [5, 5.41) is 0. The van der Waals surface area contributed by atoms with Crippen molar-refractivity contribution >= 4 is 0 Å². The summed E-state index contributed by atoms with van der Waals surface area (Å²) in [6.45, 7) is 16.0. The van der Waals surface area contributed by atoms with Gasteiger partial charge in [0.05, 0.1) is 0 Å². The maximum absolute atomic E-state index is 2.71. The molecule has 2 saturated heterocycles. The molecule has 2 heterocycles. The first-order chi connectivity index (χ1) is 8.51. The first-order valence-electron chi connectivity index (χ1n) is 7.67. The number of hydrogen-bond donors (Lipinski definition) is 0. The molecule has 0 radical (unpaired) electrons. The summed E-state index contributed by atoms with van der Waals surface area (Å²) in [6.07, 6.45) is 2.79. The van der Waals surface area contributed by atoms with Gasteiger partial charge in [0.1, 0.15) is 0 Å². The highest BCUT2D eigenvalue weighted by atomic mass is 15.3. The average Bonchev–Trinajstić information content (AvgIpc) is 2.31. The van der Waals surface area contributed by atoms with Crippen molar-refractivity contribution in [2.24, 2.45) is 5.92 Å². The number of piperidine rings is 1. The van der Waals surface area contributed by atoms with Crippen molar-refractivity contribution in [3.05, 3.63) is 0 Å². The van der Waals surface area contributed by atoms with Crippen LogP contribution in [-0.4, -0.2) is 73.1 Å². The van der Waals surface area contributed by atoms with E-state index in [0.29, 0.717) is 5.54 Å². The Morgan fingerprint density at radius 2 is 1.72 bits per heavy atom. The van der Waals surface area contributed by atoms with Crippen molar-refractivity contribution in [3.63, 3.8) is 0 Å². The van der Waals surface area contributed by atoms with Crippen LogP contribution in [0.2, 0.25) is 0 Å².